The summed E-state index contributed by atoms with van der Waals surface area (Å²) in [7, 11) is 1.83. The van der Waals surface area contributed by atoms with E-state index in [0.29, 0.717) is 0 Å². The van der Waals surface area contributed by atoms with Gasteiger partial charge in [-0.05, 0) is 19.3 Å². The van der Waals surface area contributed by atoms with E-state index < -0.39 is 0 Å². The van der Waals surface area contributed by atoms with Crippen LogP contribution in [0.2, 0.25) is 0 Å². The lowest BCUT2D eigenvalue weighted by Crippen LogP contribution is -2.48. The quantitative estimate of drug-likeness (QED) is 0.731. The standard InChI is InChI=1S/C13H23N3O/c1-10(2)16-9-13(3,4)8-15(5)12(17)11(16)6-7-14/h10-11H,6,8-9H2,1-5H3. The summed E-state index contributed by atoms with van der Waals surface area (Å²) in [4.78, 5) is 16.2. The van der Waals surface area contributed by atoms with Crippen molar-refractivity contribution in [3.8, 4) is 6.07 Å². The van der Waals surface area contributed by atoms with Crippen LogP contribution in [0.25, 0.3) is 0 Å². The third kappa shape index (κ3) is 3.19. The van der Waals surface area contributed by atoms with Crippen LogP contribution in [-0.4, -0.2) is 47.9 Å². The molecule has 4 nitrogen and oxygen atoms in total. The number of rotatable bonds is 2. The number of nitrogens with zero attached hydrogens (tertiary/aromatic N) is 3. The normalized spacial score (nSPS) is 25.8. The monoisotopic (exact) mass is 237 g/mol. The molecule has 1 heterocycles. The molecule has 0 aromatic rings. The topological polar surface area (TPSA) is 47.3 Å². The minimum absolute atomic E-state index is 0.0683. The Morgan fingerprint density at radius 2 is 2.06 bits per heavy atom. The highest BCUT2D eigenvalue weighted by Crippen LogP contribution is 2.27. The molecular formula is C13H23N3O. The SMILES string of the molecule is CC(C)N1CC(C)(C)CN(C)C(=O)C1CC#N. The first-order valence-corrected chi connectivity index (χ1v) is 6.16. The van der Waals surface area contributed by atoms with Crippen LogP contribution in [0.5, 0.6) is 0 Å². The van der Waals surface area contributed by atoms with Gasteiger partial charge in [-0.3, -0.25) is 9.69 Å². The molecule has 1 unspecified atom stereocenters. The van der Waals surface area contributed by atoms with Gasteiger partial charge in [-0.2, -0.15) is 5.26 Å². The van der Waals surface area contributed by atoms with Crippen molar-refractivity contribution in [2.24, 2.45) is 5.41 Å². The van der Waals surface area contributed by atoms with Gasteiger partial charge in [0.1, 0.15) is 6.04 Å². The summed E-state index contributed by atoms with van der Waals surface area (Å²) in [6.07, 6.45) is 0.275. The van der Waals surface area contributed by atoms with Gasteiger partial charge in [-0.25, -0.2) is 0 Å². The Labute approximate surface area is 104 Å². The predicted octanol–water partition coefficient (Wildman–Crippen LogP) is 1.48. The van der Waals surface area contributed by atoms with Crippen molar-refractivity contribution in [1.29, 1.82) is 5.26 Å². The number of hydrogen-bond donors (Lipinski definition) is 0. The van der Waals surface area contributed by atoms with Crippen molar-refractivity contribution in [3.05, 3.63) is 0 Å². The van der Waals surface area contributed by atoms with E-state index in [0.717, 1.165) is 13.1 Å². The molecule has 1 rings (SSSR count). The molecule has 96 valence electrons. The first-order valence-electron chi connectivity index (χ1n) is 6.16. The first kappa shape index (κ1) is 14.0. The molecule has 0 aromatic carbocycles. The number of carbonyl (C=O) groups is 1. The zero-order chi connectivity index (χ0) is 13.2. The molecule has 17 heavy (non-hydrogen) atoms. The summed E-state index contributed by atoms with van der Waals surface area (Å²) in [5.74, 6) is 0.0748. The van der Waals surface area contributed by atoms with Crippen molar-refractivity contribution in [1.82, 2.24) is 9.80 Å². The molecule has 4 heteroatoms. The number of likely N-dealkylation sites (N-methyl/N-ethyl adjacent to an activating group) is 1. The Kier molecular flexibility index (Phi) is 4.16. The molecule has 0 saturated carbocycles. The Bertz CT molecular complexity index is 330. The fourth-order valence-electron chi connectivity index (χ4n) is 2.60. The second-order valence-corrected chi connectivity index (χ2v) is 6.00. The van der Waals surface area contributed by atoms with E-state index in [-0.39, 0.29) is 29.8 Å². The van der Waals surface area contributed by atoms with Crippen LogP contribution in [0.3, 0.4) is 0 Å². The van der Waals surface area contributed by atoms with E-state index in [4.69, 9.17) is 5.26 Å². The van der Waals surface area contributed by atoms with Gasteiger partial charge in [0.25, 0.3) is 0 Å². The molecule has 0 aliphatic carbocycles. The third-order valence-corrected chi connectivity index (χ3v) is 3.29. The maximum atomic E-state index is 12.3. The summed E-state index contributed by atoms with van der Waals surface area (Å²) in [6.45, 7) is 10.1. The summed E-state index contributed by atoms with van der Waals surface area (Å²) in [6, 6.07) is 2.13. The van der Waals surface area contributed by atoms with Crippen LogP contribution in [0, 0.1) is 16.7 Å². The van der Waals surface area contributed by atoms with Crippen molar-refractivity contribution in [2.75, 3.05) is 20.1 Å². The van der Waals surface area contributed by atoms with E-state index in [9.17, 15) is 4.79 Å². The second-order valence-electron chi connectivity index (χ2n) is 6.00. The summed E-state index contributed by atoms with van der Waals surface area (Å²) in [5, 5.41) is 8.90. The van der Waals surface area contributed by atoms with E-state index >= 15 is 0 Å². The van der Waals surface area contributed by atoms with Gasteiger partial charge < -0.3 is 4.90 Å². The molecular weight excluding hydrogens is 214 g/mol. The molecule has 1 saturated heterocycles. The Morgan fingerprint density at radius 3 is 2.53 bits per heavy atom. The summed E-state index contributed by atoms with van der Waals surface area (Å²) >= 11 is 0. The molecule has 0 N–H and O–H groups in total. The molecule has 0 radical (unpaired) electrons. The molecule has 1 aliphatic rings. The van der Waals surface area contributed by atoms with Crippen LogP contribution in [0.15, 0.2) is 0 Å². The predicted molar refractivity (Wildman–Crippen MR) is 67.3 cm³/mol. The van der Waals surface area contributed by atoms with Gasteiger partial charge in [0.15, 0.2) is 0 Å². The van der Waals surface area contributed by atoms with Gasteiger partial charge in [0.05, 0.1) is 12.5 Å². The average molecular weight is 237 g/mol. The Balaban J connectivity index is 3.05. The average Bonchev–Trinajstić information content (AvgIpc) is 2.28. The van der Waals surface area contributed by atoms with E-state index in [1.54, 1.807) is 4.90 Å². The highest BCUT2D eigenvalue weighted by molar-refractivity contribution is 5.82. The number of nitriles is 1. The maximum Gasteiger partial charge on any atom is 0.240 e. The number of carbonyl (C=O) groups excluding carboxylic acids is 1. The van der Waals surface area contributed by atoms with E-state index in [1.165, 1.54) is 0 Å². The molecule has 1 amide bonds. The smallest absolute Gasteiger partial charge is 0.240 e. The van der Waals surface area contributed by atoms with Crippen LogP contribution in [0.1, 0.15) is 34.1 Å². The minimum Gasteiger partial charge on any atom is -0.344 e. The van der Waals surface area contributed by atoms with Gasteiger partial charge in [0, 0.05) is 26.2 Å². The van der Waals surface area contributed by atoms with Crippen molar-refractivity contribution >= 4 is 5.91 Å². The molecule has 0 spiro atoms. The van der Waals surface area contributed by atoms with E-state index in [1.807, 2.05) is 7.05 Å². The Hall–Kier alpha value is -1.08. The minimum atomic E-state index is -0.285. The van der Waals surface area contributed by atoms with Gasteiger partial charge in [-0.15, -0.1) is 0 Å². The summed E-state index contributed by atoms with van der Waals surface area (Å²) < 4.78 is 0. The molecule has 1 fully saturated rings. The van der Waals surface area contributed by atoms with Crippen LogP contribution in [0.4, 0.5) is 0 Å². The fourth-order valence-corrected chi connectivity index (χ4v) is 2.60. The third-order valence-electron chi connectivity index (χ3n) is 3.29. The van der Waals surface area contributed by atoms with Gasteiger partial charge in [-0.1, -0.05) is 13.8 Å². The zero-order valence-electron chi connectivity index (χ0n) is 11.5. The van der Waals surface area contributed by atoms with Crippen LogP contribution < -0.4 is 0 Å². The van der Waals surface area contributed by atoms with Crippen LogP contribution >= 0.6 is 0 Å². The lowest BCUT2D eigenvalue weighted by molar-refractivity contribution is -0.134. The van der Waals surface area contributed by atoms with E-state index in [2.05, 4.69) is 38.7 Å². The second kappa shape index (κ2) is 5.05. The number of amides is 1. The molecule has 0 bridgehead atoms. The maximum absolute atomic E-state index is 12.3. The highest BCUT2D eigenvalue weighted by atomic mass is 16.2. The molecule has 1 aliphatic heterocycles. The lowest BCUT2D eigenvalue weighted by Gasteiger charge is -2.34. The number of hydrogen-bond acceptors (Lipinski definition) is 3. The van der Waals surface area contributed by atoms with Crippen molar-refractivity contribution < 1.29 is 4.79 Å². The first-order chi connectivity index (χ1) is 7.78. The lowest BCUT2D eigenvalue weighted by atomic mass is 9.92. The van der Waals surface area contributed by atoms with Crippen molar-refractivity contribution in [3.63, 3.8) is 0 Å². The Morgan fingerprint density at radius 1 is 1.47 bits per heavy atom. The molecule has 0 aromatic heterocycles. The van der Waals surface area contributed by atoms with Gasteiger partial charge in [0.2, 0.25) is 5.91 Å². The fraction of sp³-hybridized carbons (Fsp3) is 0.846. The van der Waals surface area contributed by atoms with Gasteiger partial charge >= 0.3 is 0 Å². The van der Waals surface area contributed by atoms with Crippen LogP contribution in [-0.2, 0) is 4.79 Å². The molecule has 1 atom stereocenters. The largest absolute Gasteiger partial charge is 0.344 e. The zero-order valence-corrected chi connectivity index (χ0v) is 11.5. The summed E-state index contributed by atoms with van der Waals surface area (Å²) in [5.41, 5.74) is 0.0683. The highest BCUT2D eigenvalue weighted by Gasteiger charge is 2.38. The van der Waals surface area contributed by atoms with Crippen molar-refractivity contribution in [2.45, 2.75) is 46.2 Å².